The highest BCUT2D eigenvalue weighted by Crippen LogP contribution is 2.43. The molecule has 170 valence electrons. The molecular weight excluding hydrogens is 425 g/mol. The second kappa shape index (κ2) is 8.07. The number of hydrogen-bond acceptors (Lipinski definition) is 4. The van der Waals surface area contributed by atoms with E-state index in [0.717, 1.165) is 65.2 Å². The van der Waals surface area contributed by atoms with E-state index >= 15 is 0 Å². The second-order valence-electron chi connectivity index (χ2n) is 9.73. The summed E-state index contributed by atoms with van der Waals surface area (Å²) in [6.07, 6.45) is 3.17. The maximum atomic E-state index is 13.8. The maximum absolute atomic E-state index is 13.8. The van der Waals surface area contributed by atoms with Crippen molar-refractivity contribution in [3.8, 4) is 28.7 Å². The number of halogens is 1. The molecule has 4 aromatic rings. The van der Waals surface area contributed by atoms with Gasteiger partial charge in [0, 0.05) is 18.2 Å². The van der Waals surface area contributed by atoms with Gasteiger partial charge in [0.05, 0.1) is 0 Å². The van der Waals surface area contributed by atoms with Gasteiger partial charge in [0.1, 0.15) is 23.0 Å². The van der Waals surface area contributed by atoms with E-state index in [2.05, 4.69) is 24.0 Å². The van der Waals surface area contributed by atoms with E-state index in [1.165, 1.54) is 24.1 Å². The first-order valence-corrected chi connectivity index (χ1v) is 12.0. The number of fused-ring (bicyclic) bond motifs is 2. The summed E-state index contributed by atoms with van der Waals surface area (Å²) >= 11 is 0. The maximum Gasteiger partial charge on any atom is 0.227 e. The number of hydrogen-bond donors (Lipinski definition) is 0. The molecule has 1 aliphatic carbocycles. The Hall–Kier alpha value is -3.49. The fourth-order valence-electron chi connectivity index (χ4n) is 5.83. The number of oxazole rings is 1. The fourth-order valence-corrected chi connectivity index (χ4v) is 5.83. The number of nitrogens with zero attached hydrogens (tertiary/aromatic N) is 3. The van der Waals surface area contributed by atoms with Crippen LogP contribution in [0, 0.1) is 30.0 Å². The largest absolute Gasteiger partial charge is 0.435 e. The zero-order valence-electron chi connectivity index (χ0n) is 19.4. The van der Waals surface area contributed by atoms with Gasteiger partial charge in [-0.3, -0.25) is 4.90 Å². The van der Waals surface area contributed by atoms with Gasteiger partial charge in [0.2, 0.25) is 5.89 Å². The summed E-state index contributed by atoms with van der Waals surface area (Å²) in [4.78, 5) is 7.41. The Balaban J connectivity index is 1.46. The van der Waals surface area contributed by atoms with Gasteiger partial charge in [0.15, 0.2) is 5.58 Å². The summed E-state index contributed by atoms with van der Waals surface area (Å²) in [5, 5.41) is 10.1. The Labute approximate surface area is 198 Å². The SMILES string of the molecule is Cc1c(-c2cccc(F)c2)cccc1-c1nc2cc3c(c(C#N)c2o1)CCC3N1CCC(C)C1. The standard InChI is InChI=1S/C29H26FN3O/c1-17-11-12-33(16-17)27-10-9-23-24(27)14-26-28(25(23)15-31)34-29(32-26)22-8-4-7-21(18(22)2)19-5-3-6-20(30)13-19/h3-8,13-14,17,27H,9-12,16H2,1-2H3. The fraction of sp³-hybridized carbons (Fsp3) is 0.310. The van der Waals surface area contributed by atoms with E-state index in [-0.39, 0.29) is 5.82 Å². The third kappa shape index (κ3) is 3.33. The van der Waals surface area contributed by atoms with Crippen LogP contribution in [0.4, 0.5) is 4.39 Å². The molecule has 1 fully saturated rings. The molecule has 0 bridgehead atoms. The molecule has 2 unspecified atom stereocenters. The van der Waals surface area contributed by atoms with Gasteiger partial charge in [-0.05, 0) is 90.7 Å². The van der Waals surface area contributed by atoms with E-state index in [9.17, 15) is 9.65 Å². The molecule has 6 rings (SSSR count). The molecule has 2 aliphatic rings. The molecule has 2 atom stereocenters. The first-order chi connectivity index (χ1) is 16.5. The number of aromatic nitrogens is 1. The lowest BCUT2D eigenvalue weighted by atomic mass is 9.96. The molecule has 1 aliphatic heterocycles. The van der Waals surface area contributed by atoms with Crippen molar-refractivity contribution in [1.29, 1.82) is 5.26 Å². The average Bonchev–Trinajstić information content (AvgIpc) is 3.55. The Morgan fingerprint density at radius 2 is 1.94 bits per heavy atom. The molecule has 5 heteroatoms. The molecule has 0 amide bonds. The summed E-state index contributed by atoms with van der Waals surface area (Å²) < 4.78 is 20.1. The Kier molecular flexibility index (Phi) is 5.00. The zero-order chi connectivity index (χ0) is 23.4. The van der Waals surface area contributed by atoms with Crippen LogP contribution in [-0.4, -0.2) is 23.0 Å². The molecule has 4 nitrogen and oxygen atoms in total. The lowest BCUT2D eigenvalue weighted by molar-refractivity contribution is 0.238. The Bertz CT molecular complexity index is 1460. The summed E-state index contributed by atoms with van der Waals surface area (Å²) in [6.45, 7) is 6.53. The molecule has 0 saturated carbocycles. The van der Waals surface area contributed by atoms with Gasteiger partial charge in [-0.2, -0.15) is 5.26 Å². The molecular formula is C29H26FN3O. The van der Waals surface area contributed by atoms with Gasteiger partial charge in [-0.25, -0.2) is 9.37 Å². The quantitative estimate of drug-likeness (QED) is 0.343. The van der Waals surface area contributed by atoms with Gasteiger partial charge in [-0.1, -0.05) is 31.2 Å². The lowest BCUT2D eigenvalue weighted by Crippen LogP contribution is -2.24. The molecule has 3 aromatic carbocycles. The van der Waals surface area contributed by atoms with Crippen LogP contribution in [0.25, 0.3) is 33.7 Å². The Morgan fingerprint density at radius 1 is 1.12 bits per heavy atom. The predicted molar refractivity (Wildman–Crippen MR) is 131 cm³/mol. The third-order valence-electron chi connectivity index (χ3n) is 7.56. The summed E-state index contributed by atoms with van der Waals surface area (Å²) in [5.41, 5.74) is 7.86. The zero-order valence-corrected chi connectivity index (χ0v) is 19.4. The average molecular weight is 452 g/mol. The molecule has 1 aromatic heterocycles. The summed E-state index contributed by atoms with van der Waals surface area (Å²) in [7, 11) is 0. The van der Waals surface area contributed by atoms with Crippen molar-refractivity contribution in [3.63, 3.8) is 0 Å². The van der Waals surface area contributed by atoms with E-state index in [1.54, 1.807) is 6.07 Å². The lowest BCUT2D eigenvalue weighted by Gasteiger charge is -2.24. The van der Waals surface area contributed by atoms with E-state index in [1.807, 2.05) is 31.2 Å². The molecule has 2 heterocycles. The highest BCUT2D eigenvalue weighted by molar-refractivity contribution is 5.86. The van der Waals surface area contributed by atoms with Crippen molar-refractivity contribution >= 4 is 11.1 Å². The first kappa shape index (κ1) is 21.1. The number of likely N-dealkylation sites (tertiary alicyclic amines) is 1. The smallest absolute Gasteiger partial charge is 0.227 e. The summed E-state index contributed by atoms with van der Waals surface area (Å²) in [6, 6.07) is 17.4. The van der Waals surface area contributed by atoms with Crippen molar-refractivity contribution < 1.29 is 8.81 Å². The topological polar surface area (TPSA) is 53.1 Å². The van der Waals surface area contributed by atoms with Crippen LogP contribution in [0.2, 0.25) is 0 Å². The van der Waals surface area contributed by atoms with E-state index in [4.69, 9.17) is 9.40 Å². The van der Waals surface area contributed by atoms with Crippen LogP contribution in [0.3, 0.4) is 0 Å². The van der Waals surface area contributed by atoms with Crippen LogP contribution in [0.1, 0.15) is 48.1 Å². The van der Waals surface area contributed by atoms with Crippen LogP contribution in [-0.2, 0) is 6.42 Å². The van der Waals surface area contributed by atoms with Gasteiger partial charge in [0.25, 0.3) is 0 Å². The van der Waals surface area contributed by atoms with E-state index in [0.29, 0.717) is 23.1 Å². The minimum atomic E-state index is -0.265. The summed E-state index contributed by atoms with van der Waals surface area (Å²) in [5.74, 6) is 0.951. The number of nitriles is 1. The monoisotopic (exact) mass is 451 g/mol. The molecule has 34 heavy (non-hydrogen) atoms. The van der Waals surface area contributed by atoms with Gasteiger partial charge >= 0.3 is 0 Å². The second-order valence-corrected chi connectivity index (χ2v) is 9.73. The molecule has 0 radical (unpaired) electrons. The van der Waals surface area contributed by atoms with E-state index < -0.39 is 0 Å². The van der Waals surface area contributed by atoms with Crippen LogP contribution >= 0.6 is 0 Å². The van der Waals surface area contributed by atoms with Crippen LogP contribution in [0.5, 0.6) is 0 Å². The van der Waals surface area contributed by atoms with Crippen molar-refractivity contribution in [1.82, 2.24) is 9.88 Å². The highest BCUT2D eigenvalue weighted by Gasteiger charge is 2.34. The minimum absolute atomic E-state index is 0.265. The van der Waals surface area contributed by atoms with Crippen molar-refractivity contribution in [3.05, 3.63) is 76.6 Å². The normalized spacial score (nSPS) is 20.1. The van der Waals surface area contributed by atoms with Gasteiger partial charge < -0.3 is 4.42 Å². The van der Waals surface area contributed by atoms with Crippen molar-refractivity contribution in [2.45, 2.75) is 39.2 Å². The minimum Gasteiger partial charge on any atom is -0.435 e. The number of benzene rings is 3. The molecule has 0 spiro atoms. The Morgan fingerprint density at radius 3 is 2.71 bits per heavy atom. The van der Waals surface area contributed by atoms with Gasteiger partial charge in [-0.15, -0.1) is 0 Å². The number of rotatable bonds is 3. The predicted octanol–water partition coefficient (Wildman–Crippen LogP) is 6.81. The van der Waals surface area contributed by atoms with Crippen LogP contribution in [0.15, 0.2) is 52.9 Å². The van der Waals surface area contributed by atoms with Crippen molar-refractivity contribution in [2.24, 2.45) is 5.92 Å². The third-order valence-corrected chi connectivity index (χ3v) is 7.56. The van der Waals surface area contributed by atoms with Crippen LogP contribution < -0.4 is 0 Å². The molecule has 1 saturated heterocycles. The first-order valence-electron chi connectivity index (χ1n) is 12.0. The molecule has 0 N–H and O–H groups in total. The highest BCUT2D eigenvalue weighted by atomic mass is 19.1. The van der Waals surface area contributed by atoms with Crippen molar-refractivity contribution in [2.75, 3.05) is 13.1 Å².